The Kier molecular flexibility index (Phi) is 5.81. The van der Waals surface area contributed by atoms with Crippen molar-refractivity contribution in [3.63, 3.8) is 0 Å². The summed E-state index contributed by atoms with van der Waals surface area (Å²) < 4.78 is 1.12. The van der Waals surface area contributed by atoms with Crippen LogP contribution in [0.5, 0.6) is 0 Å². The van der Waals surface area contributed by atoms with Crippen molar-refractivity contribution in [1.29, 1.82) is 0 Å². The Morgan fingerprint density at radius 3 is 2.67 bits per heavy atom. The average Bonchev–Trinajstić information content (AvgIpc) is 3.01. The van der Waals surface area contributed by atoms with E-state index < -0.39 is 11.7 Å². The van der Waals surface area contributed by atoms with Gasteiger partial charge in [0.05, 0.1) is 11.7 Å². The van der Waals surface area contributed by atoms with E-state index in [0.717, 1.165) is 26.5 Å². The molecule has 1 aromatic carbocycles. The molecule has 3 rings (SSSR count). The highest BCUT2D eigenvalue weighted by Gasteiger charge is 2.37. The third kappa shape index (κ3) is 4.29. The maximum atomic E-state index is 12.9. The highest BCUT2D eigenvalue weighted by Crippen LogP contribution is 2.25. The van der Waals surface area contributed by atoms with Crippen molar-refractivity contribution in [3.05, 3.63) is 33.5 Å². The highest BCUT2D eigenvalue weighted by molar-refractivity contribution is 14.1. The molecule has 2 amide bonds. The molecule has 1 aromatic heterocycles. The smallest absolute Gasteiger partial charge is 0.244 e. The number of amides is 2. The van der Waals surface area contributed by atoms with Crippen LogP contribution in [-0.4, -0.2) is 34.5 Å². The molecule has 146 valence electrons. The van der Waals surface area contributed by atoms with Gasteiger partial charge in [-0.05, 0) is 60.1 Å². The summed E-state index contributed by atoms with van der Waals surface area (Å²) in [5.74, 6) is -0.135. The molecule has 4 N–H and O–H groups in total. The molecule has 1 saturated heterocycles. The van der Waals surface area contributed by atoms with E-state index in [9.17, 15) is 9.59 Å². The van der Waals surface area contributed by atoms with Gasteiger partial charge >= 0.3 is 0 Å². The molecule has 7 heteroatoms. The molecule has 2 aromatic rings. The van der Waals surface area contributed by atoms with Gasteiger partial charge in [-0.3, -0.25) is 14.9 Å². The Hall–Kier alpha value is -1.61. The van der Waals surface area contributed by atoms with Gasteiger partial charge in [-0.1, -0.05) is 26.3 Å². The lowest BCUT2D eigenvalue weighted by molar-refractivity contribution is -0.135. The lowest BCUT2D eigenvalue weighted by Crippen LogP contribution is -2.69. The maximum Gasteiger partial charge on any atom is 0.244 e. The van der Waals surface area contributed by atoms with E-state index in [0.29, 0.717) is 6.42 Å². The fourth-order valence-electron chi connectivity index (χ4n) is 3.58. The molecule has 27 heavy (non-hydrogen) atoms. The van der Waals surface area contributed by atoms with Crippen LogP contribution in [0.2, 0.25) is 0 Å². The predicted molar refractivity (Wildman–Crippen MR) is 115 cm³/mol. The van der Waals surface area contributed by atoms with Crippen molar-refractivity contribution in [1.82, 2.24) is 20.9 Å². The Bertz CT molecular complexity index is 861. The zero-order valence-corrected chi connectivity index (χ0v) is 18.3. The second kappa shape index (κ2) is 7.79. The Morgan fingerprint density at radius 1 is 1.22 bits per heavy atom. The normalized spacial score (nSPS) is 24.0. The molecule has 0 bridgehead atoms. The highest BCUT2D eigenvalue weighted by atomic mass is 127. The Labute approximate surface area is 173 Å². The van der Waals surface area contributed by atoms with Gasteiger partial charge < -0.3 is 15.6 Å². The fourth-order valence-corrected chi connectivity index (χ4v) is 4.43. The number of fused-ring (bicyclic) bond motifs is 1. The van der Waals surface area contributed by atoms with Crippen LogP contribution in [0.4, 0.5) is 0 Å². The van der Waals surface area contributed by atoms with Crippen LogP contribution in [-0.2, 0) is 16.0 Å². The van der Waals surface area contributed by atoms with Gasteiger partial charge in [-0.25, -0.2) is 0 Å². The van der Waals surface area contributed by atoms with Gasteiger partial charge in [0, 0.05) is 27.1 Å². The third-order valence-electron chi connectivity index (χ3n) is 5.24. The maximum absolute atomic E-state index is 12.9. The number of nitrogens with one attached hydrogen (secondary N) is 4. The van der Waals surface area contributed by atoms with E-state index in [1.54, 1.807) is 0 Å². The number of hydrogen-bond donors (Lipinski definition) is 4. The first-order valence-corrected chi connectivity index (χ1v) is 10.4. The molecule has 0 spiro atoms. The summed E-state index contributed by atoms with van der Waals surface area (Å²) in [5.41, 5.74) is 1.41. The molecule has 1 aliphatic rings. The lowest BCUT2D eigenvalue weighted by Gasteiger charge is -2.39. The first-order chi connectivity index (χ1) is 12.7. The second-order valence-electron chi connectivity index (χ2n) is 7.86. The summed E-state index contributed by atoms with van der Waals surface area (Å²) in [5, 5.41) is 10.4. The number of benzene rings is 1. The molecular formula is C20H27IN4O2. The van der Waals surface area contributed by atoms with Crippen LogP contribution in [0.15, 0.2) is 24.4 Å². The van der Waals surface area contributed by atoms with E-state index in [1.807, 2.05) is 45.2 Å². The van der Waals surface area contributed by atoms with Crippen LogP contribution >= 0.6 is 22.6 Å². The van der Waals surface area contributed by atoms with Gasteiger partial charge in [-0.2, -0.15) is 0 Å². The fraction of sp³-hybridized carbons (Fsp3) is 0.500. The summed E-state index contributed by atoms with van der Waals surface area (Å²) in [6.45, 7) is 7.90. The summed E-state index contributed by atoms with van der Waals surface area (Å²) in [6, 6.07) is 5.10. The van der Waals surface area contributed by atoms with Crippen molar-refractivity contribution in [2.75, 3.05) is 0 Å². The van der Waals surface area contributed by atoms with Gasteiger partial charge in [-0.15, -0.1) is 0 Å². The molecule has 3 atom stereocenters. The summed E-state index contributed by atoms with van der Waals surface area (Å²) in [4.78, 5) is 29.0. The van der Waals surface area contributed by atoms with Crippen molar-refractivity contribution in [3.8, 4) is 0 Å². The van der Waals surface area contributed by atoms with Crippen LogP contribution in [0.3, 0.4) is 0 Å². The second-order valence-corrected chi connectivity index (χ2v) is 9.03. The molecule has 0 aliphatic carbocycles. The number of H-pyrrole nitrogens is 1. The average molecular weight is 482 g/mol. The minimum atomic E-state index is -0.657. The lowest BCUT2D eigenvalue weighted by atomic mass is 9.94. The summed E-state index contributed by atoms with van der Waals surface area (Å²) in [6.07, 6.45) is 3.25. The number of hydrogen-bond acceptors (Lipinski definition) is 3. The van der Waals surface area contributed by atoms with Crippen LogP contribution < -0.4 is 16.0 Å². The summed E-state index contributed by atoms with van der Waals surface area (Å²) in [7, 11) is 0. The number of aromatic amines is 1. The van der Waals surface area contributed by atoms with Crippen LogP contribution in [0.1, 0.15) is 39.7 Å². The van der Waals surface area contributed by atoms with Crippen molar-refractivity contribution in [2.24, 2.45) is 5.92 Å². The van der Waals surface area contributed by atoms with E-state index in [2.05, 4.69) is 50.4 Å². The van der Waals surface area contributed by atoms with Crippen molar-refractivity contribution in [2.45, 2.75) is 58.3 Å². The van der Waals surface area contributed by atoms with E-state index in [4.69, 9.17) is 0 Å². The van der Waals surface area contributed by atoms with Crippen LogP contribution in [0, 0.1) is 9.49 Å². The molecule has 6 nitrogen and oxygen atoms in total. The van der Waals surface area contributed by atoms with Gasteiger partial charge in [0.2, 0.25) is 11.8 Å². The topological polar surface area (TPSA) is 86.0 Å². The minimum absolute atomic E-state index is 0.119. The first kappa shape index (κ1) is 20.1. The molecule has 1 fully saturated rings. The third-order valence-corrected chi connectivity index (χ3v) is 6.14. The van der Waals surface area contributed by atoms with Gasteiger partial charge in [0.1, 0.15) is 6.04 Å². The number of halogens is 1. The monoisotopic (exact) mass is 482 g/mol. The minimum Gasteiger partial charge on any atom is -0.361 e. The Balaban J connectivity index is 1.91. The number of rotatable bonds is 4. The standard InChI is InChI=1S/C20H27IN4O2/c1-5-11(2)17-19(27)23-15(18(26)25-20(3,4)24-17)9-12-10-22-14-8-6-7-13(21)16(12)14/h6-8,10-11,15,17,22,24H,5,9H2,1-4H3,(H,23,27)(H,25,26)/t11-,15+,17+/m0/s1. The van der Waals surface area contributed by atoms with Gasteiger partial charge in [0.15, 0.2) is 0 Å². The molecular weight excluding hydrogens is 455 g/mol. The number of carbonyl (C=O) groups is 2. The number of aromatic nitrogens is 1. The van der Waals surface area contributed by atoms with E-state index >= 15 is 0 Å². The molecule has 0 saturated carbocycles. The predicted octanol–water partition coefficient (Wildman–Crippen LogP) is 2.67. The molecule has 0 unspecified atom stereocenters. The van der Waals surface area contributed by atoms with E-state index in [1.165, 1.54) is 0 Å². The summed E-state index contributed by atoms with van der Waals surface area (Å²) >= 11 is 2.30. The van der Waals surface area contributed by atoms with Crippen LogP contribution in [0.25, 0.3) is 10.9 Å². The van der Waals surface area contributed by atoms with Crippen molar-refractivity contribution < 1.29 is 9.59 Å². The first-order valence-electron chi connectivity index (χ1n) is 9.36. The Morgan fingerprint density at radius 2 is 1.96 bits per heavy atom. The van der Waals surface area contributed by atoms with Gasteiger partial charge in [0.25, 0.3) is 0 Å². The zero-order chi connectivity index (χ0) is 19.8. The van der Waals surface area contributed by atoms with Crippen molar-refractivity contribution >= 4 is 45.3 Å². The molecule has 2 heterocycles. The zero-order valence-electron chi connectivity index (χ0n) is 16.2. The molecule has 0 radical (unpaired) electrons. The largest absolute Gasteiger partial charge is 0.361 e. The van der Waals surface area contributed by atoms with E-state index in [-0.39, 0.29) is 23.8 Å². The number of carbonyl (C=O) groups excluding carboxylic acids is 2. The quantitative estimate of drug-likeness (QED) is 0.506. The SMILES string of the molecule is CC[C@H](C)[C@H]1NC(C)(C)NC(=O)[C@@H](Cc2c[nH]c3cccc(I)c23)NC1=O. The molecule has 1 aliphatic heterocycles.